The van der Waals surface area contributed by atoms with Crippen LogP contribution in [-0.4, -0.2) is 61.3 Å². The van der Waals surface area contributed by atoms with Crippen molar-refractivity contribution in [2.24, 2.45) is 0 Å². The highest BCUT2D eigenvalue weighted by Crippen LogP contribution is 2.35. The molecule has 0 aliphatic carbocycles. The molecule has 0 amide bonds. The predicted molar refractivity (Wildman–Crippen MR) is 114 cm³/mol. The number of alkyl halides is 2. The van der Waals surface area contributed by atoms with Crippen LogP contribution in [0.4, 0.5) is 14.6 Å². The van der Waals surface area contributed by atoms with Gasteiger partial charge >= 0.3 is 5.69 Å². The summed E-state index contributed by atoms with van der Waals surface area (Å²) in [5, 5.41) is 0. The number of imidazole rings is 2. The molecule has 0 saturated carbocycles. The number of hydrogen-bond acceptors (Lipinski definition) is 6. The van der Waals surface area contributed by atoms with Gasteiger partial charge in [0.15, 0.2) is 11.5 Å². The SMILES string of the molecule is Cc1ccc2ncn(-c3nc(N4CC(F)(F)C4)c4[nH]c(=O)n(C5CCOCC5)c4n3)c2c1. The van der Waals surface area contributed by atoms with E-state index in [9.17, 15) is 13.6 Å². The summed E-state index contributed by atoms with van der Waals surface area (Å²) in [4.78, 5) is 31.0. The van der Waals surface area contributed by atoms with E-state index in [1.54, 1.807) is 15.5 Å². The standard InChI is InChI=1S/C21H21F2N7O2/c1-12-2-3-14-15(8-12)29(11-24-14)19-26-17(28-9-21(22,23)10-28)16-18(27-19)30(20(31)25-16)13-4-6-32-7-5-13/h2-3,8,11,13H,4-7,9-10H2,1H3,(H,25,31). The number of fused-ring (bicyclic) bond motifs is 2. The van der Waals surface area contributed by atoms with E-state index in [0.717, 1.165) is 16.6 Å². The van der Waals surface area contributed by atoms with Crippen LogP contribution in [0.2, 0.25) is 0 Å². The van der Waals surface area contributed by atoms with Crippen LogP contribution < -0.4 is 10.6 Å². The average molecular weight is 441 g/mol. The maximum absolute atomic E-state index is 13.7. The number of benzene rings is 1. The van der Waals surface area contributed by atoms with E-state index in [1.165, 1.54) is 4.90 Å². The zero-order chi connectivity index (χ0) is 22.0. The molecule has 6 rings (SSSR count). The second-order valence-electron chi connectivity index (χ2n) is 8.51. The molecule has 5 heterocycles. The Labute approximate surface area is 180 Å². The maximum atomic E-state index is 13.7. The van der Waals surface area contributed by atoms with Gasteiger partial charge in [0.25, 0.3) is 5.92 Å². The minimum atomic E-state index is -2.78. The second kappa shape index (κ2) is 6.83. The summed E-state index contributed by atoms with van der Waals surface area (Å²) in [5.41, 5.74) is 3.09. The van der Waals surface area contributed by atoms with E-state index in [1.807, 2.05) is 25.1 Å². The topological polar surface area (TPSA) is 93.9 Å². The molecule has 3 aromatic heterocycles. The Bertz CT molecular complexity index is 1390. The van der Waals surface area contributed by atoms with Crippen molar-refractivity contribution in [1.29, 1.82) is 0 Å². The number of aromatic nitrogens is 6. The van der Waals surface area contributed by atoms with Gasteiger partial charge in [0, 0.05) is 19.3 Å². The van der Waals surface area contributed by atoms with Crippen molar-refractivity contribution in [3.63, 3.8) is 0 Å². The largest absolute Gasteiger partial charge is 0.381 e. The van der Waals surface area contributed by atoms with Gasteiger partial charge in [-0.1, -0.05) is 6.07 Å². The Morgan fingerprint density at radius 3 is 2.72 bits per heavy atom. The molecule has 4 aromatic rings. The predicted octanol–water partition coefficient (Wildman–Crippen LogP) is 2.57. The van der Waals surface area contributed by atoms with Crippen LogP contribution in [0.25, 0.3) is 28.1 Å². The number of nitrogens with one attached hydrogen (secondary N) is 1. The van der Waals surface area contributed by atoms with Crippen molar-refractivity contribution >= 4 is 28.0 Å². The Balaban J connectivity index is 1.58. The summed E-state index contributed by atoms with van der Waals surface area (Å²) >= 11 is 0. The van der Waals surface area contributed by atoms with Gasteiger partial charge in [0.05, 0.1) is 24.1 Å². The highest BCUT2D eigenvalue weighted by atomic mass is 19.3. The average Bonchev–Trinajstić information content (AvgIpc) is 3.31. The van der Waals surface area contributed by atoms with Crippen LogP contribution in [0.5, 0.6) is 0 Å². The van der Waals surface area contributed by atoms with Gasteiger partial charge in [-0.25, -0.2) is 18.6 Å². The summed E-state index contributed by atoms with van der Waals surface area (Å²) in [6.45, 7) is 2.18. The molecule has 9 nitrogen and oxygen atoms in total. The van der Waals surface area contributed by atoms with Crippen LogP contribution in [0.15, 0.2) is 29.3 Å². The van der Waals surface area contributed by atoms with Crippen molar-refractivity contribution in [2.45, 2.75) is 31.7 Å². The highest BCUT2D eigenvalue weighted by molar-refractivity contribution is 5.86. The highest BCUT2D eigenvalue weighted by Gasteiger charge is 2.45. The van der Waals surface area contributed by atoms with Crippen molar-refractivity contribution in [3.8, 4) is 5.95 Å². The molecular formula is C21H21F2N7O2. The zero-order valence-electron chi connectivity index (χ0n) is 17.4. The number of rotatable bonds is 3. The lowest BCUT2D eigenvalue weighted by molar-refractivity contribution is -0.0265. The van der Waals surface area contributed by atoms with Crippen molar-refractivity contribution in [3.05, 3.63) is 40.6 Å². The van der Waals surface area contributed by atoms with E-state index < -0.39 is 19.0 Å². The molecule has 1 aromatic carbocycles. The molecule has 0 unspecified atom stereocenters. The molecule has 11 heteroatoms. The molecule has 1 N–H and O–H groups in total. The Morgan fingerprint density at radius 2 is 1.97 bits per heavy atom. The van der Waals surface area contributed by atoms with Crippen LogP contribution in [0.3, 0.4) is 0 Å². The second-order valence-corrected chi connectivity index (χ2v) is 8.51. The van der Waals surface area contributed by atoms with E-state index in [2.05, 4.69) is 15.0 Å². The van der Waals surface area contributed by atoms with E-state index in [4.69, 9.17) is 9.72 Å². The number of H-pyrrole nitrogens is 1. The lowest BCUT2D eigenvalue weighted by Gasteiger charge is -2.39. The number of hydrogen-bond donors (Lipinski definition) is 1. The number of aryl methyl sites for hydroxylation is 1. The Morgan fingerprint density at radius 1 is 1.19 bits per heavy atom. The van der Waals surface area contributed by atoms with Crippen molar-refractivity contribution in [2.75, 3.05) is 31.2 Å². The summed E-state index contributed by atoms with van der Waals surface area (Å²) in [6.07, 6.45) is 2.97. The number of nitrogens with zero attached hydrogens (tertiary/aromatic N) is 6. The van der Waals surface area contributed by atoms with Crippen molar-refractivity contribution in [1.82, 2.24) is 29.1 Å². The van der Waals surface area contributed by atoms with Crippen LogP contribution in [0, 0.1) is 6.92 Å². The summed E-state index contributed by atoms with van der Waals surface area (Å²) < 4.78 is 36.2. The van der Waals surface area contributed by atoms with Crippen LogP contribution in [0.1, 0.15) is 24.4 Å². The molecule has 0 spiro atoms. The molecular weight excluding hydrogens is 420 g/mol. The van der Waals surface area contributed by atoms with E-state index >= 15 is 0 Å². The van der Waals surface area contributed by atoms with Gasteiger partial charge < -0.3 is 14.6 Å². The molecule has 2 aliphatic rings. The van der Waals surface area contributed by atoms with Gasteiger partial charge in [-0.3, -0.25) is 9.13 Å². The Kier molecular flexibility index (Phi) is 4.13. The third-order valence-corrected chi connectivity index (χ3v) is 6.16. The normalized spacial score (nSPS) is 19.0. The van der Waals surface area contributed by atoms with Gasteiger partial charge in [-0.15, -0.1) is 0 Å². The lowest BCUT2D eigenvalue weighted by atomic mass is 10.1. The minimum Gasteiger partial charge on any atom is -0.381 e. The van der Waals surface area contributed by atoms with Crippen molar-refractivity contribution < 1.29 is 13.5 Å². The molecule has 2 fully saturated rings. The number of anilines is 1. The minimum absolute atomic E-state index is 0.0831. The van der Waals surface area contributed by atoms with Gasteiger partial charge in [0.2, 0.25) is 5.95 Å². The molecule has 166 valence electrons. The lowest BCUT2D eigenvalue weighted by Crippen LogP contribution is -2.56. The molecule has 2 saturated heterocycles. The van der Waals surface area contributed by atoms with Gasteiger partial charge in [0.1, 0.15) is 11.8 Å². The fraction of sp³-hybridized carbons (Fsp3) is 0.429. The molecule has 0 bridgehead atoms. The van der Waals surface area contributed by atoms with E-state index in [0.29, 0.717) is 43.0 Å². The van der Waals surface area contributed by atoms with Crippen LogP contribution in [-0.2, 0) is 4.74 Å². The maximum Gasteiger partial charge on any atom is 0.328 e. The van der Waals surface area contributed by atoms with E-state index in [-0.39, 0.29) is 17.7 Å². The fourth-order valence-corrected chi connectivity index (χ4v) is 4.53. The zero-order valence-corrected chi connectivity index (χ0v) is 17.4. The Hall–Kier alpha value is -3.34. The number of ether oxygens (including phenoxy) is 1. The summed E-state index contributed by atoms with van der Waals surface area (Å²) in [5.74, 6) is -2.19. The first kappa shape index (κ1) is 19.4. The third-order valence-electron chi connectivity index (χ3n) is 6.16. The first-order valence-electron chi connectivity index (χ1n) is 10.6. The van der Waals surface area contributed by atoms with Crippen LogP contribution >= 0.6 is 0 Å². The summed E-state index contributed by atoms with van der Waals surface area (Å²) in [7, 11) is 0. The fourth-order valence-electron chi connectivity index (χ4n) is 4.53. The smallest absolute Gasteiger partial charge is 0.328 e. The molecule has 2 aliphatic heterocycles. The summed E-state index contributed by atoms with van der Waals surface area (Å²) in [6, 6.07) is 5.76. The number of halogens is 2. The van der Waals surface area contributed by atoms with Gasteiger partial charge in [-0.05, 0) is 37.5 Å². The molecule has 0 radical (unpaired) electrons. The van der Waals surface area contributed by atoms with Gasteiger partial charge in [-0.2, -0.15) is 9.97 Å². The monoisotopic (exact) mass is 441 g/mol. The first-order valence-corrected chi connectivity index (χ1v) is 10.6. The first-order chi connectivity index (χ1) is 15.4. The quantitative estimate of drug-likeness (QED) is 0.525. The molecule has 32 heavy (non-hydrogen) atoms. The third kappa shape index (κ3) is 2.99. The number of aromatic amines is 1. The molecule has 0 atom stereocenters.